The van der Waals surface area contributed by atoms with Crippen molar-refractivity contribution in [1.29, 1.82) is 0 Å². The van der Waals surface area contributed by atoms with Gasteiger partial charge in [-0.2, -0.15) is 0 Å². The molecule has 8 nitrogen and oxygen atoms in total. The van der Waals surface area contributed by atoms with Crippen molar-refractivity contribution < 1.29 is 33.3 Å². The minimum absolute atomic E-state index is 0.178. The molecule has 0 fully saturated rings. The van der Waals surface area contributed by atoms with E-state index in [9.17, 15) is 9.59 Å². The summed E-state index contributed by atoms with van der Waals surface area (Å²) in [5, 5.41) is 3.34. The van der Waals surface area contributed by atoms with E-state index in [2.05, 4.69) is 5.32 Å². The number of rotatable bonds is 9. The van der Waals surface area contributed by atoms with Gasteiger partial charge in [0, 0.05) is 17.1 Å². The molecule has 1 N–H and O–H groups in total. The van der Waals surface area contributed by atoms with E-state index in [0.717, 1.165) is 11.1 Å². The normalized spacial score (nSPS) is 12.5. The van der Waals surface area contributed by atoms with Crippen LogP contribution in [0.5, 0.6) is 23.0 Å². The van der Waals surface area contributed by atoms with Gasteiger partial charge in [-0.1, -0.05) is 35.9 Å². The van der Waals surface area contributed by atoms with Gasteiger partial charge in [-0.25, -0.2) is 4.79 Å². The minimum Gasteiger partial charge on any atom is -0.493 e. The molecule has 0 saturated carbocycles. The average molecular weight is 498 g/mol. The van der Waals surface area contributed by atoms with Crippen molar-refractivity contribution in [3.8, 4) is 23.0 Å². The molecule has 1 amide bonds. The summed E-state index contributed by atoms with van der Waals surface area (Å²) >= 11 is 6.17. The molecule has 0 saturated heterocycles. The quantitative estimate of drug-likeness (QED) is 0.434. The first kappa shape index (κ1) is 24.2. The van der Waals surface area contributed by atoms with E-state index < -0.39 is 18.0 Å². The topological polar surface area (TPSA) is 92.3 Å². The molecule has 0 aliphatic carbocycles. The summed E-state index contributed by atoms with van der Waals surface area (Å²) in [6.45, 7) is 2.17. The predicted molar refractivity (Wildman–Crippen MR) is 128 cm³/mol. The SMILES string of the molecule is COc1cc(C(=O)OC(C)C(=O)NCc2ccc3c(c2)OCO3)ccc1OCc1ccccc1Cl. The number of benzene rings is 3. The Balaban J connectivity index is 1.32. The van der Waals surface area contributed by atoms with Crippen molar-refractivity contribution in [3.05, 3.63) is 82.4 Å². The number of fused-ring (bicyclic) bond motifs is 1. The molecule has 9 heteroatoms. The largest absolute Gasteiger partial charge is 0.493 e. The summed E-state index contributed by atoms with van der Waals surface area (Å²) in [5.74, 6) is 1.00. The molecule has 182 valence electrons. The molecular weight excluding hydrogens is 474 g/mol. The first-order chi connectivity index (χ1) is 16.9. The van der Waals surface area contributed by atoms with Gasteiger partial charge in [-0.05, 0) is 48.9 Å². The van der Waals surface area contributed by atoms with Crippen molar-refractivity contribution in [2.24, 2.45) is 0 Å². The number of hydrogen-bond acceptors (Lipinski definition) is 7. The van der Waals surface area contributed by atoms with E-state index in [1.165, 1.54) is 20.1 Å². The van der Waals surface area contributed by atoms with Gasteiger partial charge in [0.25, 0.3) is 5.91 Å². The molecule has 1 unspecified atom stereocenters. The highest BCUT2D eigenvalue weighted by Crippen LogP contribution is 2.32. The number of amides is 1. The molecule has 0 bridgehead atoms. The maximum atomic E-state index is 12.6. The highest BCUT2D eigenvalue weighted by Gasteiger charge is 2.21. The molecule has 1 atom stereocenters. The van der Waals surface area contributed by atoms with E-state index in [4.69, 9.17) is 35.3 Å². The average Bonchev–Trinajstić information content (AvgIpc) is 3.34. The van der Waals surface area contributed by atoms with E-state index in [-0.39, 0.29) is 25.5 Å². The summed E-state index contributed by atoms with van der Waals surface area (Å²) in [4.78, 5) is 25.1. The first-order valence-corrected chi connectivity index (χ1v) is 11.2. The van der Waals surface area contributed by atoms with Crippen LogP contribution in [0.2, 0.25) is 5.02 Å². The van der Waals surface area contributed by atoms with E-state index in [1.807, 2.05) is 24.3 Å². The van der Waals surface area contributed by atoms with Crippen LogP contribution in [0.15, 0.2) is 60.7 Å². The molecule has 1 heterocycles. The van der Waals surface area contributed by atoms with Crippen molar-refractivity contribution >= 4 is 23.5 Å². The molecule has 4 rings (SSSR count). The fraction of sp³-hybridized carbons (Fsp3) is 0.231. The maximum Gasteiger partial charge on any atom is 0.339 e. The molecule has 3 aromatic rings. The summed E-state index contributed by atoms with van der Waals surface area (Å²) < 4.78 is 27.1. The molecule has 0 radical (unpaired) electrons. The van der Waals surface area contributed by atoms with Crippen molar-refractivity contribution in [2.75, 3.05) is 13.9 Å². The second-order valence-electron chi connectivity index (χ2n) is 7.70. The zero-order valence-corrected chi connectivity index (χ0v) is 20.0. The number of hydrogen-bond donors (Lipinski definition) is 1. The number of methoxy groups -OCH3 is 1. The molecule has 3 aromatic carbocycles. The Bertz CT molecular complexity index is 1230. The van der Waals surface area contributed by atoms with Gasteiger partial charge in [0.15, 0.2) is 29.1 Å². The summed E-state index contributed by atoms with van der Waals surface area (Å²) in [6, 6.07) is 17.4. The summed E-state index contributed by atoms with van der Waals surface area (Å²) in [7, 11) is 1.47. The van der Waals surface area contributed by atoms with Crippen molar-refractivity contribution in [3.63, 3.8) is 0 Å². The predicted octanol–water partition coefficient (Wildman–Crippen LogP) is 4.52. The lowest BCUT2D eigenvalue weighted by Crippen LogP contribution is -2.35. The van der Waals surface area contributed by atoms with Crippen LogP contribution in [0, 0.1) is 0 Å². The smallest absolute Gasteiger partial charge is 0.339 e. The Hall–Kier alpha value is -3.91. The van der Waals surface area contributed by atoms with Crippen LogP contribution in [0.25, 0.3) is 0 Å². The number of esters is 1. The standard InChI is InChI=1S/C26H24ClNO7/c1-16(25(29)28-13-17-7-9-22-24(11-17)34-15-33-22)35-26(30)18-8-10-21(23(12-18)31-2)32-14-19-5-3-4-6-20(19)27/h3-12,16H,13-15H2,1-2H3,(H,28,29). The second-order valence-corrected chi connectivity index (χ2v) is 8.11. The van der Waals surface area contributed by atoms with Crippen LogP contribution in [-0.2, 0) is 22.7 Å². The van der Waals surface area contributed by atoms with E-state index in [0.29, 0.717) is 28.0 Å². The van der Waals surface area contributed by atoms with Crippen LogP contribution in [0.1, 0.15) is 28.4 Å². The lowest BCUT2D eigenvalue weighted by molar-refractivity contribution is -0.129. The maximum absolute atomic E-state index is 12.6. The van der Waals surface area contributed by atoms with Gasteiger partial charge in [0.1, 0.15) is 6.61 Å². The highest BCUT2D eigenvalue weighted by molar-refractivity contribution is 6.31. The van der Waals surface area contributed by atoms with Crippen molar-refractivity contribution in [2.45, 2.75) is 26.2 Å². The van der Waals surface area contributed by atoms with Crippen LogP contribution < -0.4 is 24.3 Å². The molecule has 0 spiro atoms. The van der Waals surface area contributed by atoms with E-state index in [1.54, 1.807) is 30.3 Å². The van der Waals surface area contributed by atoms with Crippen LogP contribution in [0.3, 0.4) is 0 Å². The molecular formula is C26H24ClNO7. The Labute approximate surface area is 207 Å². The third kappa shape index (κ3) is 5.96. The molecule has 1 aliphatic rings. The van der Waals surface area contributed by atoms with Gasteiger partial charge in [0.2, 0.25) is 6.79 Å². The Morgan fingerprint density at radius 3 is 2.63 bits per heavy atom. The Morgan fingerprint density at radius 1 is 1.03 bits per heavy atom. The molecule has 0 aromatic heterocycles. The van der Waals surface area contributed by atoms with E-state index >= 15 is 0 Å². The van der Waals surface area contributed by atoms with Gasteiger partial charge in [0.05, 0.1) is 12.7 Å². The zero-order chi connectivity index (χ0) is 24.8. The third-order valence-corrected chi connectivity index (χ3v) is 5.67. The Morgan fingerprint density at radius 2 is 1.83 bits per heavy atom. The van der Waals surface area contributed by atoms with Gasteiger partial charge < -0.3 is 29.0 Å². The lowest BCUT2D eigenvalue weighted by atomic mass is 10.2. The molecule has 35 heavy (non-hydrogen) atoms. The minimum atomic E-state index is -1.00. The number of carbonyl (C=O) groups excluding carboxylic acids is 2. The molecule has 1 aliphatic heterocycles. The number of nitrogens with one attached hydrogen (secondary N) is 1. The number of halogens is 1. The van der Waals surface area contributed by atoms with Crippen molar-refractivity contribution in [1.82, 2.24) is 5.32 Å². The fourth-order valence-electron chi connectivity index (χ4n) is 3.35. The second kappa shape index (κ2) is 11.0. The summed E-state index contributed by atoms with van der Waals surface area (Å²) in [6.07, 6.45) is -1.00. The summed E-state index contributed by atoms with van der Waals surface area (Å²) in [5.41, 5.74) is 1.88. The fourth-order valence-corrected chi connectivity index (χ4v) is 3.54. The Kier molecular flexibility index (Phi) is 7.62. The van der Waals surface area contributed by atoms with Crippen LogP contribution >= 0.6 is 11.6 Å². The number of carbonyl (C=O) groups is 2. The zero-order valence-electron chi connectivity index (χ0n) is 19.2. The third-order valence-electron chi connectivity index (χ3n) is 5.30. The lowest BCUT2D eigenvalue weighted by Gasteiger charge is -2.15. The van der Waals surface area contributed by atoms with Gasteiger partial charge in [-0.15, -0.1) is 0 Å². The van der Waals surface area contributed by atoms with Crippen LogP contribution in [-0.4, -0.2) is 31.9 Å². The highest BCUT2D eigenvalue weighted by atomic mass is 35.5. The van der Waals surface area contributed by atoms with Gasteiger partial charge in [-0.3, -0.25) is 4.79 Å². The van der Waals surface area contributed by atoms with Gasteiger partial charge >= 0.3 is 5.97 Å². The number of ether oxygens (including phenoxy) is 5. The van der Waals surface area contributed by atoms with Crippen LogP contribution in [0.4, 0.5) is 0 Å². The monoisotopic (exact) mass is 497 g/mol. The first-order valence-electron chi connectivity index (χ1n) is 10.9.